The molecule has 4 unspecified atom stereocenters. The molecule has 2 N–H and O–H groups in total. The van der Waals surface area contributed by atoms with E-state index in [-0.39, 0.29) is 12.0 Å². The molecular weight excluding hydrogens is 236 g/mol. The number of hydrogen-bond acceptors (Lipinski definition) is 2. The molecule has 2 saturated carbocycles. The molecule has 2 aliphatic rings. The van der Waals surface area contributed by atoms with Gasteiger partial charge in [0.2, 0.25) is 5.91 Å². The summed E-state index contributed by atoms with van der Waals surface area (Å²) in [7, 11) is 0. The maximum atomic E-state index is 12.8. The molecule has 110 valence electrons. The quantitative estimate of drug-likeness (QED) is 0.751. The van der Waals surface area contributed by atoms with E-state index in [9.17, 15) is 4.79 Å². The summed E-state index contributed by atoms with van der Waals surface area (Å²) >= 11 is 0. The fourth-order valence-electron chi connectivity index (χ4n) is 4.05. The first-order valence-electron chi connectivity index (χ1n) is 8.12. The maximum absolute atomic E-state index is 12.8. The minimum atomic E-state index is 0.114. The van der Waals surface area contributed by atoms with Gasteiger partial charge in [-0.15, -0.1) is 0 Å². The van der Waals surface area contributed by atoms with Crippen LogP contribution in [-0.4, -0.2) is 29.4 Å². The summed E-state index contributed by atoms with van der Waals surface area (Å²) in [5.41, 5.74) is 6.31. The lowest BCUT2D eigenvalue weighted by Crippen LogP contribution is -2.49. The van der Waals surface area contributed by atoms with Crippen molar-refractivity contribution in [3.05, 3.63) is 0 Å². The summed E-state index contributed by atoms with van der Waals surface area (Å²) < 4.78 is 0. The second-order valence-corrected chi connectivity index (χ2v) is 6.77. The SMILES string of the molecule is CCCCCN(C(=O)C1C2CCC(C2)C1N)C(C)C. The van der Waals surface area contributed by atoms with Gasteiger partial charge in [0.25, 0.3) is 0 Å². The first-order chi connectivity index (χ1) is 9.06. The number of carbonyl (C=O) groups is 1. The molecule has 2 rings (SSSR count). The molecule has 0 spiro atoms. The Balaban J connectivity index is 1.99. The third-order valence-electron chi connectivity index (χ3n) is 5.17. The molecule has 19 heavy (non-hydrogen) atoms. The van der Waals surface area contributed by atoms with E-state index in [0.717, 1.165) is 13.0 Å². The Bertz CT molecular complexity index is 314. The van der Waals surface area contributed by atoms with Gasteiger partial charge in [-0.2, -0.15) is 0 Å². The number of fused-ring (bicyclic) bond motifs is 2. The molecule has 1 amide bonds. The summed E-state index contributed by atoms with van der Waals surface area (Å²) in [5, 5.41) is 0. The number of amides is 1. The van der Waals surface area contributed by atoms with Crippen LogP contribution in [0.3, 0.4) is 0 Å². The van der Waals surface area contributed by atoms with Gasteiger partial charge in [0.1, 0.15) is 0 Å². The van der Waals surface area contributed by atoms with E-state index >= 15 is 0 Å². The average molecular weight is 266 g/mol. The predicted octanol–water partition coefficient (Wildman–Crippen LogP) is 2.79. The van der Waals surface area contributed by atoms with Crippen molar-refractivity contribution in [2.45, 2.75) is 71.4 Å². The Labute approximate surface area is 117 Å². The third-order valence-corrected chi connectivity index (χ3v) is 5.17. The molecule has 0 aromatic carbocycles. The second kappa shape index (κ2) is 6.25. The van der Waals surface area contributed by atoms with Crippen molar-refractivity contribution in [1.82, 2.24) is 4.90 Å². The molecule has 0 radical (unpaired) electrons. The zero-order chi connectivity index (χ0) is 14.0. The van der Waals surface area contributed by atoms with Crippen molar-refractivity contribution >= 4 is 5.91 Å². The van der Waals surface area contributed by atoms with Crippen LogP contribution in [0.4, 0.5) is 0 Å². The molecule has 2 fully saturated rings. The summed E-state index contributed by atoms with van der Waals surface area (Å²) in [5.74, 6) is 1.64. The summed E-state index contributed by atoms with van der Waals surface area (Å²) in [4.78, 5) is 14.9. The smallest absolute Gasteiger partial charge is 0.227 e. The first-order valence-corrected chi connectivity index (χ1v) is 8.12. The standard InChI is InChI=1S/C16H30N2O/c1-4-5-6-9-18(11(2)3)16(19)14-12-7-8-13(10-12)15(14)17/h11-15H,4-10,17H2,1-3H3. The third kappa shape index (κ3) is 2.96. The zero-order valence-electron chi connectivity index (χ0n) is 12.8. The molecule has 3 heteroatoms. The Kier molecular flexibility index (Phi) is 4.88. The van der Waals surface area contributed by atoms with E-state index in [2.05, 4.69) is 25.7 Å². The number of nitrogens with two attached hydrogens (primary N) is 1. The summed E-state index contributed by atoms with van der Waals surface area (Å²) in [6.07, 6.45) is 7.19. The fraction of sp³-hybridized carbons (Fsp3) is 0.938. The van der Waals surface area contributed by atoms with Gasteiger partial charge in [-0.3, -0.25) is 4.79 Å². The van der Waals surface area contributed by atoms with E-state index in [1.165, 1.54) is 32.1 Å². The van der Waals surface area contributed by atoms with Crippen molar-refractivity contribution in [2.75, 3.05) is 6.54 Å². The van der Waals surface area contributed by atoms with Crippen molar-refractivity contribution in [3.8, 4) is 0 Å². The lowest BCUT2D eigenvalue weighted by atomic mass is 9.83. The molecular formula is C16H30N2O. The summed E-state index contributed by atoms with van der Waals surface area (Å²) in [6.45, 7) is 7.36. The monoisotopic (exact) mass is 266 g/mol. The van der Waals surface area contributed by atoms with Gasteiger partial charge in [0.05, 0.1) is 5.92 Å². The van der Waals surface area contributed by atoms with Gasteiger partial charge < -0.3 is 10.6 Å². The molecule has 3 nitrogen and oxygen atoms in total. The van der Waals surface area contributed by atoms with Gasteiger partial charge >= 0.3 is 0 Å². The van der Waals surface area contributed by atoms with Crippen molar-refractivity contribution in [1.29, 1.82) is 0 Å². The highest BCUT2D eigenvalue weighted by atomic mass is 16.2. The van der Waals surface area contributed by atoms with Crippen LogP contribution in [-0.2, 0) is 4.79 Å². The van der Waals surface area contributed by atoms with Crippen molar-refractivity contribution in [3.63, 3.8) is 0 Å². The molecule has 0 saturated heterocycles. The van der Waals surface area contributed by atoms with Crippen LogP contribution >= 0.6 is 0 Å². The van der Waals surface area contributed by atoms with Crippen LogP contribution in [0.1, 0.15) is 59.3 Å². The van der Waals surface area contributed by atoms with Gasteiger partial charge in [0.15, 0.2) is 0 Å². The highest BCUT2D eigenvalue weighted by molar-refractivity contribution is 5.81. The highest BCUT2D eigenvalue weighted by Gasteiger charge is 2.50. The number of unbranched alkanes of at least 4 members (excludes halogenated alkanes) is 2. The molecule has 0 heterocycles. The van der Waals surface area contributed by atoms with Gasteiger partial charge in [-0.1, -0.05) is 19.8 Å². The molecule has 2 aliphatic carbocycles. The Morgan fingerprint density at radius 3 is 2.47 bits per heavy atom. The van der Waals surface area contributed by atoms with Crippen LogP contribution < -0.4 is 5.73 Å². The molecule has 2 bridgehead atoms. The largest absolute Gasteiger partial charge is 0.340 e. The predicted molar refractivity (Wildman–Crippen MR) is 78.7 cm³/mol. The molecule has 0 aromatic rings. The Hall–Kier alpha value is -0.570. The summed E-state index contributed by atoms with van der Waals surface area (Å²) in [6, 6.07) is 0.425. The van der Waals surface area contributed by atoms with Gasteiger partial charge in [0, 0.05) is 18.6 Å². The number of carbonyl (C=O) groups excluding carboxylic acids is 1. The lowest BCUT2D eigenvalue weighted by Gasteiger charge is -2.35. The number of hydrogen-bond donors (Lipinski definition) is 1. The van der Waals surface area contributed by atoms with Crippen LogP contribution in [0.25, 0.3) is 0 Å². The van der Waals surface area contributed by atoms with Crippen LogP contribution in [0.2, 0.25) is 0 Å². The minimum absolute atomic E-state index is 0.114. The van der Waals surface area contributed by atoms with E-state index in [0.29, 0.717) is 23.8 Å². The Morgan fingerprint density at radius 1 is 1.26 bits per heavy atom. The molecule has 4 atom stereocenters. The minimum Gasteiger partial charge on any atom is -0.340 e. The van der Waals surface area contributed by atoms with E-state index in [1.54, 1.807) is 0 Å². The van der Waals surface area contributed by atoms with Crippen LogP contribution in [0.5, 0.6) is 0 Å². The van der Waals surface area contributed by atoms with E-state index in [1.807, 2.05) is 0 Å². The second-order valence-electron chi connectivity index (χ2n) is 6.77. The van der Waals surface area contributed by atoms with Crippen molar-refractivity contribution in [2.24, 2.45) is 23.5 Å². The maximum Gasteiger partial charge on any atom is 0.227 e. The Morgan fingerprint density at radius 2 is 1.95 bits per heavy atom. The van der Waals surface area contributed by atoms with Gasteiger partial charge in [-0.05, 0) is 51.4 Å². The van der Waals surface area contributed by atoms with E-state index in [4.69, 9.17) is 5.73 Å². The molecule has 0 aromatic heterocycles. The normalized spacial score (nSPS) is 33.1. The first kappa shape index (κ1) is 14.8. The highest BCUT2D eigenvalue weighted by Crippen LogP contribution is 2.48. The number of nitrogens with zero attached hydrogens (tertiary/aromatic N) is 1. The fourth-order valence-corrected chi connectivity index (χ4v) is 4.05. The van der Waals surface area contributed by atoms with Crippen LogP contribution in [0.15, 0.2) is 0 Å². The molecule has 0 aliphatic heterocycles. The van der Waals surface area contributed by atoms with E-state index < -0.39 is 0 Å². The van der Waals surface area contributed by atoms with Gasteiger partial charge in [-0.25, -0.2) is 0 Å². The topological polar surface area (TPSA) is 46.3 Å². The van der Waals surface area contributed by atoms with Crippen LogP contribution in [0, 0.1) is 17.8 Å². The lowest BCUT2D eigenvalue weighted by molar-refractivity contribution is -0.139. The zero-order valence-corrected chi connectivity index (χ0v) is 12.8. The average Bonchev–Trinajstić information content (AvgIpc) is 2.94. The number of rotatable bonds is 6. The van der Waals surface area contributed by atoms with Crippen molar-refractivity contribution < 1.29 is 4.79 Å².